The standard InChI is InChI=1S/C14H12O3/c1-8(15)12-6-11-5-9-3-2-4-10(9)7-13(11)17-14(12)16/h5-7H,2-4H2,1H3. The second kappa shape index (κ2) is 3.55. The van der Waals surface area contributed by atoms with Crippen molar-refractivity contribution in [3.8, 4) is 0 Å². The van der Waals surface area contributed by atoms with Gasteiger partial charge < -0.3 is 4.42 Å². The van der Waals surface area contributed by atoms with Crippen molar-refractivity contribution < 1.29 is 9.21 Å². The minimum Gasteiger partial charge on any atom is -0.422 e. The Morgan fingerprint density at radius 1 is 1.18 bits per heavy atom. The third-order valence-electron chi connectivity index (χ3n) is 3.33. The van der Waals surface area contributed by atoms with E-state index in [9.17, 15) is 9.59 Å². The highest BCUT2D eigenvalue weighted by molar-refractivity contribution is 5.96. The maximum absolute atomic E-state index is 11.6. The molecule has 0 radical (unpaired) electrons. The van der Waals surface area contributed by atoms with Crippen LogP contribution in [0, 0.1) is 0 Å². The Kier molecular flexibility index (Phi) is 2.15. The van der Waals surface area contributed by atoms with Crippen LogP contribution in [-0.4, -0.2) is 5.78 Å². The summed E-state index contributed by atoms with van der Waals surface area (Å²) in [6.07, 6.45) is 3.26. The van der Waals surface area contributed by atoms with Gasteiger partial charge in [0.15, 0.2) is 5.78 Å². The molecular weight excluding hydrogens is 216 g/mol. The summed E-state index contributed by atoms with van der Waals surface area (Å²) in [6.45, 7) is 1.38. The molecule has 1 aliphatic carbocycles. The maximum Gasteiger partial charge on any atom is 0.347 e. The van der Waals surface area contributed by atoms with E-state index in [1.54, 1.807) is 6.07 Å². The third-order valence-corrected chi connectivity index (χ3v) is 3.33. The SMILES string of the molecule is CC(=O)c1cc2cc3c(cc2oc1=O)CCC3. The first-order chi connectivity index (χ1) is 8.15. The number of fused-ring (bicyclic) bond motifs is 2. The zero-order valence-electron chi connectivity index (χ0n) is 9.58. The first kappa shape index (κ1) is 10.3. The van der Waals surface area contributed by atoms with E-state index in [-0.39, 0.29) is 11.3 Å². The molecule has 0 atom stereocenters. The van der Waals surface area contributed by atoms with Gasteiger partial charge in [0.05, 0.1) is 0 Å². The zero-order chi connectivity index (χ0) is 12.0. The van der Waals surface area contributed by atoms with Gasteiger partial charge in [0, 0.05) is 5.39 Å². The van der Waals surface area contributed by atoms with E-state index < -0.39 is 5.63 Å². The minimum atomic E-state index is -0.539. The van der Waals surface area contributed by atoms with Gasteiger partial charge in [-0.15, -0.1) is 0 Å². The molecule has 2 aromatic rings. The molecular formula is C14H12O3. The Labute approximate surface area is 98.1 Å². The average Bonchev–Trinajstić information content (AvgIpc) is 2.71. The molecule has 0 unspecified atom stereocenters. The number of hydrogen-bond donors (Lipinski definition) is 0. The second-order valence-corrected chi connectivity index (χ2v) is 4.52. The Hall–Kier alpha value is -1.90. The quantitative estimate of drug-likeness (QED) is 0.556. The van der Waals surface area contributed by atoms with Gasteiger partial charge in [0.1, 0.15) is 11.1 Å². The van der Waals surface area contributed by atoms with Crippen LogP contribution in [0.1, 0.15) is 34.8 Å². The van der Waals surface area contributed by atoms with Crippen LogP contribution in [0.5, 0.6) is 0 Å². The van der Waals surface area contributed by atoms with Crippen molar-refractivity contribution in [1.29, 1.82) is 0 Å². The minimum absolute atomic E-state index is 0.135. The van der Waals surface area contributed by atoms with Crippen LogP contribution in [0.3, 0.4) is 0 Å². The molecule has 3 nitrogen and oxygen atoms in total. The number of carbonyl (C=O) groups is 1. The topological polar surface area (TPSA) is 47.3 Å². The van der Waals surface area contributed by atoms with E-state index in [4.69, 9.17) is 4.42 Å². The van der Waals surface area contributed by atoms with E-state index >= 15 is 0 Å². The van der Waals surface area contributed by atoms with Crippen LogP contribution < -0.4 is 5.63 Å². The summed E-state index contributed by atoms with van der Waals surface area (Å²) >= 11 is 0. The highest BCUT2D eigenvalue weighted by Gasteiger charge is 2.15. The molecule has 0 saturated heterocycles. The highest BCUT2D eigenvalue weighted by atomic mass is 16.4. The average molecular weight is 228 g/mol. The van der Waals surface area contributed by atoms with Gasteiger partial charge in [-0.1, -0.05) is 0 Å². The molecule has 0 spiro atoms. The molecule has 0 saturated carbocycles. The molecule has 1 heterocycles. The van der Waals surface area contributed by atoms with Crippen LogP contribution in [0.4, 0.5) is 0 Å². The molecule has 1 aromatic heterocycles. The lowest BCUT2D eigenvalue weighted by atomic mass is 10.1. The lowest BCUT2D eigenvalue weighted by Gasteiger charge is -2.03. The Morgan fingerprint density at radius 2 is 1.88 bits per heavy atom. The van der Waals surface area contributed by atoms with E-state index in [0.29, 0.717) is 5.58 Å². The summed E-state index contributed by atoms with van der Waals surface area (Å²) in [4.78, 5) is 22.9. The molecule has 3 heteroatoms. The molecule has 0 bridgehead atoms. The molecule has 17 heavy (non-hydrogen) atoms. The van der Waals surface area contributed by atoms with Gasteiger partial charge in [0.25, 0.3) is 0 Å². The summed E-state index contributed by atoms with van der Waals surface area (Å²) in [5.41, 5.74) is 2.75. The van der Waals surface area contributed by atoms with Crippen LogP contribution in [-0.2, 0) is 12.8 Å². The van der Waals surface area contributed by atoms with Crippen molar-refractivity contribution >= 4 is 16.8 Å². The largest absolute Gasteiger partial charge is 0.422 e. The molecule has 0 N–H and O–H groups in total. The fourth-order valence-corrected chi connectivity index (χ4v) is 2.44. The summed E-state index contributed by atoms with van der Waals surface area (Å²) in [5, 5.41) is 0.843. The van der Waals surface area contributed by atoms with Crippen molar-refractivity contribution in [3.63, 3.8) is 0 Å². The Balaban J connectivity index is 2.33. The molecule has 0 amide bonds. The molecule has 0 fully saturated rings. The fourth-order valence-electron chi connectivity index (χ4n) is 2.44. The first-order valence-corrected chi connectivity index (χ1v) is 5.76. The number of benzene rings is 1. The zero-order valence-corrected chi connectivity index (χ0v) is 9.58. The monoisotopic (exact) mass is 228 g/mol. The van der Waals surface area contributed by atoms with Gasteiger partial charge in [-0.2, -0.15) is 0 Å². The van der Waals surface area contributed by atoms with E-state index in [1.165, 1.54) is 18.1 Å². The molecule has 86 valence electrons. The summed E-state index contributed by atoms with van der Waals surface area (Å²) in [7, 11) is 0. The van der Waals surface area contributed by atoms with Crippen LogP contribution >= 0.6 is 0 Å². The number of aryl methyl sites for hydroxylation is 2. The van der Waals surface area contributed by atoms with Gasteiger partial charge in [-0.25, -0.2) is 4.79 Å². The molecule has 3 rings (SSSR count). The normalized spacial score (nSPS) is 13.9. The van der Waals surface area contributed by atoms with Crippen molar-refractivity contribution in [2.75, 3.05) is 0 Å². The van der Waals surface area contributed by atoms with Gasteiger partial charge in [0.2, 0.25) is 0 Å². The molecule has 0 aliphatic heterocycles. The summed E-state index contributed by atoms with van der Waals surface area (Å²) < 4.78 is 5.20. The second-order valence-electron chi connectivity index (χ2n) is 4.52. The number of rotatable bonds is 1. The van der Waals surface area contributed by atoms with Crippen molar-refractivity contribution in [3.05, 3.63) is 45.3 Å². The number of ketones is 1. The number of hydrogen-bond acceptors (Lipinski definition) is 3. The fraction of sp³-hybridized carbons (Fsp3) is 0.286. The Morgan fingerprint density at radius 3 is 2.59 bits per heavy atom. The molecule has 1 aromatic carbocycles. The van der Waals surface area contributed by atoms with Crippen molar-refractivity contribution in [2.45, 2.75) is 26.2 Å². The van der Waals surface area contributed by atoms with Crippen LogP contribution in [0.2, 0.25) is 0 Å². The van der Waals surface area contributed by atoms with Crippen molar-refractivity contribution in [2.24, 2.45) is 0 Å². The van der Waals surface area contributed by atoms with Crippen molar-refractivity contribution in [1.82, 2.24) is 0 Å². The highest BCUT2D eigenvalue weighted by Crippen LogP contribution is 2.27. The predicted molar refractivity (Wildman–Crippen MR) is 64.5 cm³/mol. The van der Waals surface area contributed by atoms with E-state index in [2.05, 4.69) is 0 Å². The third kappa shape index (κ3) is 1.58. The predicted octanol–water partition coefficient (Wildman–Crippen LogP) is 2.48. The summed E-state index contributed by atoms with van der Waals surface area (Å²) in [5.74, 6) is -0.249. The van der Waals surface area contributed by atoms with Gasteiger partial charge in [-0.3, -0.25) is 4.79 Å². The van der Waals surface area contributed by atoms with Crippen LogP contribution in [0.15, 0.2) is 27.4 Å². The number of carbonyl (C=O) groups excluding carboxylic acids is 1. The lowest BCUT2D eigenvalue weighted by molar-refractivity contribution is 0.101. The van der Waals surface area contributed by atoms with Crippen LogP contribution in [0.25, 0.3) is 11.0 Å². The van der Waals surface area contributed by atoms with E-state index in [1.807, 2.05) is 12.1 Å². The first-order valence-electron chi connectivity index (χ1n) is 5.76. The molecule has 1 aliphatic rings. The summed E-state index contributed by atoms with van der Waals surface area (Å²) in [6, 6.07) is 5.61. The number of Topliss-reactive ketones (excluding diaryl/α,β-unsaturated/α-hetero) is 1. The smallest absolute Gasteiger partial charge is 0.347 e. The maximum atomic E-state index is 11.6. The Bertz CT molecular complexity index is 680. The lowest BCUT2D eigenvalue weighted by Crippen LogP contribution is -2.11. The van der Waals surface area contributed by atoms with E-state index in [0.717, 1.165) is 24.6 Å². The van der Waals surface area contributed by atoms with Gasteiger partial charge in [-0.05, 0) is 55.5 Å². The van der Waals surface area contributed by atoms with Gasteiger partial charge >= 0.3 is 5.63 Å².